The minimum absolute atomic E-state index is 0.962. The highest BCUT2D eigenvalue weighted by molar-refractivity contribution is 6.04. The third-order valence-corrected chi connectivity index (χ3v) is 2.54. The molecule has 4 rings (SSSR count). The molecule has 0 saturated heterocycles. The van der Waals surface area contributed by atoms with Crippen molar-refractivity contribution in [3.8, 4) is 0 Å². The number of aromatic nitrogens is 2. The first kappa shape index (κ1) is 10.5. The minimum atomic E-state index is 0.962. The van der Waals surface area contributed by atoms with Gasteiger partial charge < -0.3 is 4.42 Å². The second kappa shape index (κ2) is 4.71. The highest BCUT2D eigenvalue weighted by Crippen LogP contribution is 2.27. The Hall–Kier alpha value is -2.62. The van der Waals surface area contributed by atoms with E-state index < -0.39 is 0 Å². The van der Waals surface area contributed by atoms with Gasteiger partial charge in [0.15, 0.2) is 6.20 Å². The number of benzene rings is 2. The SMILES string of the molecule is [c]1cnon1.c1ccc2c(c1)oc1ccccc12. The molecule has 1 radical (unpaired) electrons. The number of hydrogen-bond acceptors (Lipinski definition) is 4. The lowest BCUT2D eigenvalue weighted by Crippen LogP contribution is -1.62. The van der Waals surface area contributed by atoms with Crippen molar-refractivity contribution >= 4 is 21.9 Å². The van der Waals surface area contributed by atoms with Crippen LogP contribution in [0.1, 0.15) is 0 Å². The molecule has 2 aromatic carbocycles. The van der Waals surface area contributed by atoms with Crippen LogP contribution in [0.3, 0.4) is 0 Å². The number of fused-ring (bicyclic) bond motifs is 3. The van der Waals surface area contributed by atoms with Crippen molar-refractivity contribution < 1.29 is 9.05 Å². The fourth-order valence-electron chi connectivity index (χ4n) is 1.79. The summed E-state index contributed by atoms with van der Waals surface area (Å²) in [4.78, 5) is 0. The summed E-state index contributed by atoms with van der Waals surface area (Å²) in [5, 5.41) is 8.68. The second-order valence-electron chi connectivity index (χ2n) is 3.63. The van der Waals surface area contributed by atoms with E-state index in [0.29, 0.717) is 0 Å². The quantitative estimate of drug-likeness (QED) is 0.470. The maximum Gasteiger partial charge on any atom is 0.158 e. The highest BCUT2D eigenvalue weighted by Gasteiger charge is 2.03. The van der Waals surface area contributed by atoms with Crippen molar-refractivity contribution in [2.45, 2.75) is 0 Å². The molecular weight excluding hydrogens is 228 g/mol. The van der Waals surface area contributed by atoms with E-state index >= 15 is 0 Å². The molecule has 0 unspecified atom stereocenters. The summed E-state index contributed by atoms with van der Waals surface area (Å²) >= 11 is 0. The molecular formula is C14H9N2O2. The first-order chi connectivity index (χ1) is 8.95. The first-order valence-electron chi connectivity index (χ1n) is 5.45. The summed E-state index contributed by atoms with van der Waals surface area (Å²) in [6.07, 6.45) is 3.68. The zero-order chi connectivity index (χ0) is 12.2. The van der Waals surface area contributed by atoms with Gasteiger partial charge in [-0.05, 0) is 17.3 Å². The van der Waals surface area contributed by atoms with Gasteiger partial charge in [0.1, 0.15) is 17.4 Å². The van der Waals surface area contributed by atoms with Crippen molar-refractivity contribution in [1.82, 2.24) is 10.3 Å². The summed E-state index contributed by atoms with van der Waals surface area (Å²) in [7, 11) is 0. The van der Waals surface area contributed by atoms with Crippen LogP contribution in [0.2, 0.25) is 0 Å². The van der Waals surface area contributed by atoms with Gasteiger partial charge in [0, 0.05) is 10.8 Å². The van der Waals surface area contributed by atoms with Gasteiger partial charge >= 0.3 is 0 Å². The van der Waals surface area contributed by atoms with Crippen LogP contribution in [-0.4, -0.2) is 10.3 Å². The lowest BCUT2D eigenvalue weighted by atomic mass is 10.2. The summed E-state index contributed by atoms with van der Waals surface area (Å²) in [6.45, 7) is 0. The van der Waals surface area contributed by atoms with Crippen molar-refractivity contribution in [3.63, 3.8) is 0 Å². The summed E-state index contributed by atoms with van der Waals surface area (Å²) in [5.41, 5.74) is 1.92. The molecule has 0 N–H and O–H groups in total. The van der Waals surface area contributed by atoms with Gasteiger partial charge in [-0.1, -0.05) is 41.6 Å². The Kier molecular flexibility index (Phi) is 2.75. The monoisotopic (exact) mass is 237 g/mol. The van der Waals surface area contributed by atoms with E-state index in [4.69, 9.17) is 4.42 Å². The Bertz CT molecular complexity index is 677. The van der Waals surface area contributed by atoms with Crippen LogP contribution >= 0.6 is 0 Å². The number of nitrogens with zero attached hydrogens (tertiary/aromatic N) is 2. The van der Waals surface area contributed by atoms with Gasteiger partial charge in [-0.25, -0.2) is 4.63 Å². The van der Waals surface area contributed by atoms with Crippen molar-refractivity contribution in [1.29, 1.82) is 0 Å². The smallest absolute Gasteiger partial charge is 0.158 e. The molecule has 4 heteroatoms. The predicted molar refractivity (Wildman–Crippen MR) is 66.9 cm³/mol. The fraction of sp³-hybridized carbons (Fsp3) is 0. The number of furan rings is 1. The topological polar surface area (TPSA) is 52.1 Å². The van der Waals surface area contributed by atoms with E-state index in [1.165, 1.54) is 17.0 Å². The van der Waals surface area contributed by atoms with E-state index in [0.717, 1.165) is 11.2 Å². The number of hydrogen-bond donors (Lipinski definition) is 0. The summed E-state index contributed by atoms with van der Waals surface area (Å²) in [6, 6.07) is 16.2. The molecule has 0 aliphatic heterocycles. The van der Waals surface area contributed by atoms with Crippen LogP contribution in [0.15, 0.2) is 63.8 Å². The molecule has 18 heavy (non-hydrogen) atoms. The molecule has 0 saturated carbocycles. The Balaban J connectivity index is 0.000000169. The summed E-state index contributed by atoms with van der Waals surface area (Å²) in [5.74, 6) is 0. The second-order valence-corrected chi connectivity index (χ2v) is 3.63. The Morgan fingerprint density at radius 3 is 1.89 bits per heavy atom. The molecule has 2 heterocycles. The standard InChI is InChI=1S/C12H8O.C2HN2O/c1-3-7-11-9(5-1)10-6-2-4-8-12(10)13-11;1-2-4-5-3-1/h1-8H;1H. The average molecular weight is 237 g/mol. The van der Waals surface area contributed by atoms with Gasteiger partial charge in [-0.3, -0.25) is 0 Å². The molecule has 4 aromatic rings. The largest absolute Gasteiger partial charge is 0.456 e. The molecule has 0 amide bonds. The molecule has 0 aliphatic carbocycles. The normalized spacial score (nSPS) is 10.2. The maximum absolute atomic E-state index is 5.65. The van der Waals surface area contributed by atoms with Gasteiger partial charge in [0.25, 0.3) is 0 Å². The number of rotatable bonds is 0. The van der Waals surface area contributed by atoms with E-state index in [1.54, 1.807) is 0 Å². The molecule has 0 aliphatic rings. The van der Waals surface area contributed by atoms with Crippen LogP contribution in [0, 0.1) is 6.20 Å². The van der Waals surface area contributed by atoms with Gasteiger partial charge in [-0.2, -0.15) is 0 Å². The highest BCUT2D eigenvalue weighted by atomic mass is 16.6. The number of para-hydroxylation sites is 2. The predicted octanol–water partition coefficient (Wildman–Crippen LogP) is 3.46. The van der Waals surface area contributed by atoms with Crippen molar-refractivity contribution in [2.75, 3.05) is 0 Å². The molecule has 4 nitrogen and oxygen atoms in total. The molecule has 0 bridgehead atoms. The third-order valence-electron chi connectivity index (χ3n) is 2.54. The Labute approximate surface area is 103 Å². The van der Waals surface area contributed by atoms with Crippen molar-refractivity contribution in [2.24, 2.45) is 0 Å². The van der Waals surface area contributed by atoms with Crippen LogP contribution in [0.25, 0.3) is 21.9 Å². The maximum atomic E-state index is 5.65. The zero-order valence-electron chi connectivity index (χ0n) is 9.41. The Morgan fingerprint density at radius 1 is 0.833 bits per heavy atom. The molecule has 0 atom stereocenters. The first-order valence-corrected chi connectivity index (χ1v) is 5.45. The van der Waals surface area contributed by atoms with E-state index in [-0.39, 0.29) is 0 Å². The van der Waals surface area contributed by atoms with Crippen LogP contribution in [-0.2, 0) is 0 Å². The van der Waals surface area contributed by atoms with Gasteiger partial charge in [0.05, 0.1) is 0 Å². The molecule has 0 spiro atoms. The fourth-order valence-corrected chi connectivity index (χ4v) is 1.79. The molecule has 87 valence electrons. The van der Waals surface area contributed by atoms with E-state index in [2.05, 4.69) is 33.3 Å². The van der Waals surface area contributed by atoms with Crippen LogP contribution in [0.5, 0.6) is 0 Å². The average Bonchev–Trinajstić information content (AvgIpc) is 3.10. The molecule has 0 fully saturated rings. The van der Waals surface area contributed by atoms with Crippen LogP contribution < -0.4 is 0 Å². The zero-order valence-corrected chi connectivity index (χ0v) is 9.41. The minimum Gasteiger partial charge on any atom is -0.456 e. The lowest BCUT2D eigenvalue weighted by molar-refractivity contribution is 0.306. The van der Waals surface area contributed by atoms with E-state index in [1.807, 2.05) is 36.4 Å². The summed E-state index contributed by atoms with van der Waals surface area (Å²) < 4.78 is 9.68. The van der Waals surface area contributed by atoms with Gasteiger partial charge in [-0.15, -0.1) is 0 Å². The lowest BCUT2D eigenvalue weighted by Gasteiger charge is -1.85. The Morgan fingerprint density at radius 2 is 1.44 bits per heavy atom. The van der Waals surface area contributed by atoms with Gasteiger partial charge in [0.2, 0.25) is 0 Å². The van der Waals surface area contributed by atoms with Crippen molar-refractivity contribution in [3.05, 3.63) is 60.9 Å². The third kappa shape index (κ3) is 1.96. The molecule has 2 aromatic heterocycles. The van der Waals surface area contributed by atoms with E-state index in [9.17, 15) is 0 Å². The van der Waals surface area contributed by atoms with Crippen LogP contribution in [0.4, 0.5) is 0 Å².